The number of hydrogen-bond donors (Lipinski definition) is 1. The van der Waals surface area contributed by atoms with Crippen molar-refractivity contribution in [1.29, 1.82) is 0 Å². The maximum absolute atomic E-state index is 13.6. The lowest BCUT2D eigenvalue weighted by Crippen LogP contribution is -2.02. The van der Waals surface area contributed by atoms with E-state index in [9.17, 15) is 8.78 Å². The fraction of sp³-hybridized carbons (Fsp3) is 0.0769. The lowest BCUT2D eigenvalue weighted by Gasteiger charge is -2.08. The third kappa shape index (κ3) is 3.29. The molecule has 0 aliphatic carbocycles. The van der Waals surface area contributed by atoms with Crippen LogP contribution in [-0.4, -0.2) is 0 Å². The average Bonchev–Trinajstić information content (AvgIpc) is 2.32. The summed E-state index contributed by atoms with van der Waals surface area (Å²) in [6, 6.07) is 9.47. The van der Waals surface area contributed by atoms with Crippen LogP contribution in [0, 0.1) is 11.6 Å². The molecule has 1 N–H and O–H groups in total. The number of rotatable bonds is 3. The summed E-state index contributed by atoms with van der Waals surface area (Å²) in [5.41, 5.74) is 1.28. The predicted octanol–water partition coefficient (Wildman–Crippen LogP) is 5.10. The van der Waals surface area contributed by atoms with Crippen molar-refractivity contribution in [2.75, 3.05) is 5.32 Å². The fourth-order valence-corrected chi connectivity index (χ4v) is 2.18. The first kappa shape index (κ1) is 13.5. The highest BCUT2D eigenvalue weighted by Crippen LogP contribution is 2.21. The zero-order valence-corrected chi connectivity index (χ0v) is 12.4. The molecule has 0 fully saturated rings. The summed E-state index contributed by atoms with van der Waals surface area (Å²) in [4.78, 5) is 0. The predicted molar refractivity (Wildman–Crippen MR) is 75.5 cm³/mol. The van der Waals surface area contributed by atoms with E-state index in [1.54, 1.807) is 24.3 Å². The SMILES string of the molecule is Fc1ccc(NCc2ccc(Br)cc2F)cc1Br. The normalized spacial score (nSPS) is 10.4. The van der Waals surface area contributed by atoms with Crippen molar-refractivity contribution in [2.45, 2.75) is 6.54 Å². The van der Waals surface area contributed by atoms with E-state index >= 15 is 0 Å². The average molecular weight is 377 g/mol. The van der Waals surface area contributed by atoms with Gasteiger partial charge >= 0.3 is 0 Å². The Bertz CT molecular complexity index is 573. The molecule has 0 atom stereocenters. The Kier molecular flexibility index (Phi) is 4.35. The van der Waals surface area contributed by atoms with Crippen molar-refractivity contribution in [1.82, 2.24) is 0 Å². The molecule has 0 heterocycles. The topological polar surface area (TPSA) is 12.0 Å². The molecule has 2 rings (SSSR count). The molecule has 1 nitrogen and oxygen atoms in total. The molecule has 0 aliphatic rings. The fourth-order valence-electron chi connectivity index (χ4n) is 1.47. The monoisotopic (exact) mass is 375 g/mol. The molecule has 0 radical (unpaired) electrons. The summed E-state index contributed by atoms with van der Waals surface area (Å²) in [6.45, 7) is 0.344. The van der Waals surface area contributed by atoms with Gasteiger partial charge in [0, 0.05) is 22.3 Å². The van der Waals surface area contributed by atoms with Gasteiger partial charge in [0.25, 0.3) is 0 Å². The van der Waals surface area contributed by atoms with Crippen LogP contribution >= 0.6 is 31.9 Å². The molecule has 2 aromatic rings. The first-order valence-corrected chi connectivity index (χ1v) is 6.78. The Morgan fingerprint density at radius 3 is 2.39 bits per heavy atom. The first-order chi connectivity index (χ1) is 8.56. The Balaban J connectivity index is 2.09. The van der Waals surface area contributed by atoms with E-state index in [4.69, 9.17) is 0 Å². The molecule has 0 aromatic heterocycles. The molecule has 0 amide bonds. The van der Waals surface area contributed by atoms with Crippen LogP contribution in [0.5, 0.6) is 0 Å². The summed E-state index contributed by atoms with van der Waals surface area (Å²) in [7, 11) is 0. The largest absolute Gasteiger partial charge is 0.381 e. The van der Waals surface area contributed by atoms with Gasteiger partial charge in [0.05, 0.1) is 4.47 Å². The minimum absolute atomic E-state index is 0.280. The van der Waals surface area contributed by atoms with Crippen molar-refractivity contribution >= 4 is 37.5 Å². The van der Waals surface area contributed by atoms with Gasteiger partial charge in [0.2, 0.25) is 0 Å². The second-order valence-corrected chi connectivity index (χ2v) is 5.49. The Morgan fingerprint density at radius 1 is 0.944 bits per heavy atom. The van der Waals surface area contributed by atoms with Crippen LogP contribution in [0.4, 0.5) is 14.5 Å². The highest BCUT2D eigenvalue weighted by molar-refractivity contribution is 9.10. The van der Waals surface area contributed by atoms with Gasteiger partial charge < -0.3 is 5.32 Å². The third-order valence-electron chi connectivity index (χ3n) is 2.42. The number of benzene rings is 2. The zero-order valence-electron chi connectivity index (χ0n) is 9.18. The Hall–Kier alpha value is -0.940. The van der Waals surface area contributed by atoms with Crippen LogP contribution in [0.3, 0.4) is 0 Å². The first-order valence-electron chi connectivity index (χ1n) is 5.19. The van der Waals surface area contributed by atoms with Gasteiger partial charge in [-0.2, -0.15) is 0 Å². The second kappa shape index (κ2) is 5.80. The van der Waals surface area contributed by atoms with Crippen molar-refractivity contribution in [3.8, 4) is 0 Å². The van der Waals surface area contributed by atoms with E-state index in [1.807, 2.05) is 0 Å². The molecule has 0 spiro atoms. The number of halogens is 4. The van der Waals surface area contributed by atoms with Crippen LogP contribution in [-0.2, 0) is 6.54 Å². The molecule has 0 aliphatic heterocycles. The van der Waals surface area contributed by atoms with E-state index in [0.717, 1.165) is 5.69 Å². The quantitative estimate of drug-likeness (QED) is 0.785. The molecule has 0 saturated heterocycles. The highest BCUT2D eigenvalue weighted by Gasteiger charge is 2.04. The van der Waals surface area contributed by atoms with Gasteiger partial charge in [-0.1, -0.05) is 22.0 Å². The van der Waals surface area contributed by atoms with Crippen molar-refractivity contribution in [3.63, 3.8) is 0 Å². The molecule has 2 aromatic carbocycles. The minimum Gasteiger partial charge on any atom is -0.381 e. The van der Waals surface area contributed by atoms with Crippen LogP contribution in [0.15, 0.2) is 45.3 Å². The maximum Gasteiger partial charge on any atom is 0.137 e. The van der Waals surface area contributed by atoms with Gasteiger partial charge in [0.1, 0.15) is 11.6 Å². The van der Waals surface area contributed by atoms with E-state index in [-0.39, 0.29) is 11.6 Å². The summed E-state index contributed by atoms with van der Waals surface area (Å²) in [6.07, 6.45) is 0. The lowest BCUT2D eigenvalue weighted by molar-refractivity contribution is 0.611. The van der Waals surface area contributed by atoms with Gasteiger partial charge in [0.15, 0.2) is 0 Å². The maximum atomic E-state index is 13.6. The smallest absolute Gasteiger partial charge is 0.137 e. The molecule has 0 unspecified atom stereocenters. The Labute approximate surface area is 120 Å². The van der Waals surface area contributed by atoms with Crippen LogP contribution < -0.4 is 5.32 Å². The third-order valence-corrected chi connectivity index (χ3v) is 3.52. The summed E-state index contributed by atoms with van der Waals surface area (Å²) >= 11 is 6.30. The molecule has 5 heteroatoms. The molecular weight excluding hydrogens is 368 g/mol. The van der Waals surface area contributed by atoms with Gasteiger partial charge in [-0.05, 0) is 46.3 Å². The zero-order chi connectivity index (χ0) is 13.1. The summed E-state index contributed by atoms with van der Waals surface area (Å²) in [5, 5.41) is 3.04. The van der Waals surface area contributed by atoms with Crippen LogP contribution in [0.1, 0.15) is 5.56 Å². The molecular formula is C13H9Br2F2N. The second-order valence-electron chi connectivity index (χ2n) is 3.72. The van der Waals surface area contributed by atoms with Gasteiger partial charge in [-0.25, -0.2) is 8.78 Å². The summed E-state index contributed by atoms with van der Waals surface area (Å²) < 4.78 is 27.7. The van der Waals surface area contributed by atoms with Crippen molar-refractivity contribution in [2.24, 2.45) is 0 Å². The number of anilines is 1. The number of hydrogen-bond acceptors (Lipinski definition) is 1. The molecule has 94 valence electrons. The van der Waals surface area contributed by atoms with E-state index < -0.39 is 0 Å². The number of nitrogens with one attached hydrogen (secondary N) is 1. The molecule has 0 saturated carbocycles. The van der Waals surface area contributed by atoms with Gasteiger partial charge in [-0.15, -0.1) is 0 Å². The van der Waals surface area contributed by atoms with Crippen LogP contribution in [0.25, 0.3) is 0 Å². The molecule has 0 bridgehead atoms. The van der Waals surface area contributed by atoms with E-state index in [0.29, 0.717) is 21.1 Å². The van der Waals surface area contributed by atoms with E-state index in [2.05, 4.69) is 37.2 Å². The summed E-state index contributed by atoms with van der Waals surface area (Å²) in [5.74, 6) is -0.603. The van der Waals surface area contributed by atoms with Crippen LogP contribution in [0.2, 0.25) is 0 Å². The standard InChI is InChI=1S/C13H9Br2F2N/c14-9-2-1-8(13(17)5-9)7-18-10-3-4-12(16)11(15)6-10/h1-6,18H,7H2. The lowest BCUT2D eigenvalue weighted by atomic mass is 10.2. The van der Waals surface area contributed by atoms with Crippen molar-refractivity contribution < 1.29 is 8.78 Å². The van der Waals surface area contributed by atoms with E-state index in [1.165, 1.54) is 12.1 Å². The highest BCUT2D eigenvalue weighted by atomic mass is 79.9. The van der Waals surface area contributed by atoms with Crippen molar-refractivity contribution in [3.05, 3.63) is 62.5 Å². The minimum atomic E-state index is -0.324. The molecule has 18 heavy (non-hydrogen) atoms. The Morgan fingerprint density at radius 2 is 1.72 bits per heavy atom. The van der Waals surface area contributed by atoms with Gasteiger partial charge in [-0.3, -0.25) is 0 Å².